The normalized spacial score (nSPS) is 18.5. The molecule has 1 N–H and O–H groups in total. The Hall–Kier alpha value is -0.140. The Morgan fingerprint density at radius 3 is 2.11 bits per heavy atom. The Morgan fingerprint density at radius 1 is 1.00 bits per heavy atom. The minimum absolute atomic E-state index is 0.108. The standard InChI is InChI=1S/C13H18INO2S/c14-11-7-9-13(10-8-11)18(16,17)15-12-5-3-1-2-4-6-12/h7-10,12,15H,1-6H2. The van der Waals surface area contributed by atoms with Crippen molar-refractivity contribution in [2.24, 2.45) is 0 Å². The lowest BCUT2D eigenvalue weighted by molar-refractivity contribution is 0.510. The molecule has 3 nitrogen and oxygen atoms in total. The average Bonchev–Trinajstić information content (AvgIpc) is 2.57. The Morgan fingerprint density at radius 2 is 1.56 bits per heavy atom. The van der Waals surface area contributed by atoms with E-state index in [0.29, 0.717) is 4.90 Å². The average molecular weight is 379 g/mol. The summed E-state index contributed by atoms with van der Waals surface area (Å²) in [6.45, 7) is 0. The summed E-state index contributed by atoms with van der Waals surface area (Å²) in [5, 5.41) is 0. The molecule has 5 heteroatoms. The van der Waals surface area contributed by atoms with Crippen LogP contribution in [0.25, 0.3) is 0 Å². The van der Waals surface area contributed by atoms with E-state index >= 15 is 0 Å². The van der Waals surface area contributed by atoms with Gasteiger partial charge in [0.1, 0.15) is 0 Å². The van der Waals surface area contributed by atoms with Crippen molar-refractivity contribution in [1.82, 2.24) is 4.72 Å². The summed E-state index contributed by atoms with van der Waals surface area (Å²) in [6.07, 6.45) is 6.62. The summed E-state index contributed by atoms with van der Waals surface area (Å²) in [5.41, 5.74) is 0. The lowest BCUT2D eigenvalue weighted by Crippen LogP contribution is -2.34. The van der Waals surface area contributed by atoms with Gasteiger partial charge in [0.2, 0.25) is 10.0 Å². The molecule has 1 aromatic carbocycles. The molecule has 0 atom stereocenters. The van der Waals surface area contributed by atoms with Crippen LogP contribution in [0.1, 0.15) is 38.5 Å². The molecule has 0 heterocycles. The molecule has 0 radical (unpaired) electrons. The zero-order valence-electron chi connectivity index (χ0n) is 10.2. The summed E-state index contributed by atoms with van der Waals surface area (Å²) in [5.74, 6) is 0. The Kier molecular flexibility index (Phi) is 5.03. The van der Waals surface area contributed by atoms with Gasteiger partial charge in [-0.2, -0.15) is 0 Å². The number of halogens is 1. The Bertz CT molecular complexity index is 476. The first-order valence-corrected chi connectivity index (χ1v) is 8.92. The number of nitrogens with one attached hydrogen (secondary N) is 1. The van der Waals surface area contributed by atoms with Gasteiger partial charge < -0.3 is 0 Å². The van der Waals surface area contributed by atoms with Crippen molar-refractivity contribution in [3.8, 4) is 0 Å². The fraction of sp³-hybridized carbons (Fsp3) is 0.538. The van der Waals surface area contributed by atoms with Crippen molar-refractivity contribution in [1.29, 1.82) is 0 Å². The van der Waals surface area contributed by atoms with Crippen LogP contribution in [-0.2, 0) is 10.0 Å². The molecule has 0 unspecified atom stereocenters. The fourth-order valence-corrected chi connectivity index (χ4v) is 3.96. The largest absolute Gasteiger partial charge is 0.240 e. The summed E-state index contributed by atoms with van der Waals surface area (Å²) >= 11 is 2.17. The highest BCUT2D eigenvalue weighted by Crippen LogP contribution is 2.20. The monoisotopic (exact) mass is 379 g/mol. The summed E-state index contributed by atoms with van der Waals surface area (Å²) in [4.78, 5) is 0.368. The van der Waals surface area contributed by atoms with E-state index in [2.05, 4.69) is 27.3 Å². The van der Waals surface area contributed by atoms with Crippen LogP contribution in [-0.4, -0.2) is 14.5 Å². The molecule has 1 aliphatic carbocycles. The lowest BCUT2D eigenvalue weighted by atomic mass is 10.1. The molecule has 0 saturated heterocycles. The van der Waals surface area contributed by atoms with E-state index in [1.54, 1.807) is 12.1 Å². The molecule has 0 amide bonds. The Labute approximate surface area is 123 Å². The molecule has 0 aliphatic heterocycles. The zero-order chi connectivity index (χ0) is 13.0. The van der Waals surface area contributed by atoms with Crippen LogP contribution in [0.4, 0.5) is 0 Å². The third-order valence-corrected chi connectivity index (χ3v) is 5.56. The van der Waals surface area contributed by atoms with Crippen molar-refractivity contribution in [2.75, 3.05) is 0 Å². The van der Waals surface area contributed by atoms with Crippen molar-refractivity contribution >= 4 is 32.6 Å². The number of hydrogen-bond donors (Lipinski definition) is 1. The maximum Gasteiger partial charge on any atom is 0.240 e. The molecule has 0 spiro atoms. The van der Waals surface area contributed by atoms with Gasteiger partial charge in [0.15, 0.2) is 0 Å². The van der Waals surface area contributed by atoms with Crippen LogP contribution in [0.2, 0.25) is 0 Å². The number of rotatable bonds is 3. The van der Waals surface area contributed by atoms with Crippen LogP contribution in [0.5, 0.6) is 0 Å². The molecule has 18 heavy (non-hydrogen) atoms. The van der Waals surface area contributed by atoms with Crippen LogP contribution in [0, 0.1) is 3.57 Å². The first-order valence-electron chi connectivity index (χ1n) is 6.36. The molecule has 0 bridgehead atoms. The fourth-order valence-electron chi connectivity index (χ4n) is 2.30. The Balaban J connectivity index is 2.08. The molecule has 2 rings (SSSR count). The summed E-state index contributed by atoms with van der Waals surface area (Å²) in [6, 6.07) is 7.09. The lowest BCUT2D eigenvalue weighted by Gasteiger charge is -2.16. The maximum absolute atomic E-state index is 12.2. The number of hydrogen-bond acceptors (Lipinski definition) is 2. The van der Waals surface area contributed by atoms with E-state index in [1.807, 2.05) is 12.1 Å². The van der Waals surface area contributed by atoms with Crippen LogP contribution in [0.15, 0.2) is 29.2 Å². The smallest absolute Gasteiger partial charge is 0.208 e. The van der Waals surface area contributed by atoms with Gasteiger partial charge in [-0.25, -0.2) is 13.1 Å². The highest BCUT2D eigenvalue weighted by molar-refractivity contribution is 14.1. The number of sulfonamides is 1. The van der Waals surface area contributed by atoms with Crippen molar-refractivity contribution in [3.05, 3.63) is 27.8 Å². The molecule has 1 aromatic rings. The molecule has 1 aliphatic rings. The molecule has 1 fully saturated rings. The van der Waals surface area contributed by atoms with Gasteiger partial charge in [-0.15, -0.1) is 0 Å². The van der Waals surface area contributed by atoms with E-state index in [4.69, 9.17) is 0 Å². The first-order chi connectivity index (χ1) is 8.58. The minimum atomic E-state index is -3.35. The van der Waals surface area contributed by atoms with Gasteiger partial charge in [0, 0.05) is 9.61 Å². The SMILES string of the molecule is O=S(=O)(NC1CCCCCC1)c1ccc(I)cc1. The van der Waals surface area contributed by atoms with Gasteiger partial charge in [-0.1, -0.05) is 25.7 Å². The van der Waals surface area contributed by atoms with Crippen molar-refractivity contribution in [3.63, 3.8) is 0 Å². The van der Waals surface area contributed by atoms with Crippen LogP contribution in [0.3, 0.4) is 0 Å². The van der Waals surface area contributed by atoms with Gasteiger partial charge >= 0.3 is 0 Å². The third-order valence-electron chi connectivity index (χ3n) is 3.30. The second-order valence-corrected chi connectivity index (χ2v) is 7.72. The van der Waals surface area contributed by atoms with E-state index < -0.39 is 10.0 Å². The van der Waals surface area contributed by atoms with E-state index in [9.17, 15) is 8.42 Å². The molecule has 0 aromatic heterocycles. The maximum atomic E-state index is 12.2. The molecule has 100 valence electrons. The number of benzene rings is 1. The van der Waals surface area contributed by atoms with E-state index in [-0.39, 0.29) is 6.04 Å². The zero-order valence-corrected chi connectivity index (χ0v) is 13.2. The summed E-state index contributed by atoms with van der Waals surface area (Å²) in [7, 11) is -3.35. The second-order valence-electron chi connectivity index (χ2n) is 4.76. The molecular weight excluding hydrogens is 361 g/mol. The second kappa shape index (κ2) is 6.34. The minimum Gasteiger partial charge on any atom is -0.208 e. The predicted molar refractivity (Wildman–Crippen MR) is 81.0 cm³/mol. The quantitative estimate of drug-likeness (QED) is 0.647. The topological polar surface area (TPSA) is 46.2 Å². The van der Waals surface area contributed by atoms with Crippen LogP contribution < -0.4 is 4.72 Å². The van der Waals surface area contributed by atoms with Gasteiger partial charge in [-0.05, 0) is 59.7 Å². The van der Waals surface area contributed by atoms with Crippen LogP contribution >= 0.6 is 22.6 Å². The van der Waals surface area contributed by atoms with Crippen molar-refractivity contribution < 1.29 is 8.42 Å². The predicted octanol–water partition coefficient (Wildman–Crippen LogP) is 3.29. The van der Waals surface area contributed by atoms with E-state index in [0.717, 1.165) is 29.3 Å². The highest BCUT2D eigenvalue weighted by atomic mass is 127. The van der Waals surface area contributed by atoms with Gasteiger partial charge in [0.05, 0.1) is 4.90 Å². The van der Waals surface area contributed by atoms with Crippen molar-refractivity contribution in [2.45, 2.75) is 49.5 Å². The molecular formula is C13H18INO2S. The highest BCUT2D eigenvalue weighted by Gasteiger charge is 2.20. The van der Waals surface area contributed by atoms with Gasteiger partial charge in [-0.3, -0.25) is 0 Å². The first kappa shape index (κ1) is 14.3. The third kappa shape index (κ3) is 3.93. The van der Waals surface area contributed by atoms with Gasteiger partial charge in [0.25, 0.3) is 0 Å². The summed E-state index contributed by atoms with van der Waals surface area (Å²) < 4.78 is 28.3. The molecule has 1 saturated carbocycles. The van der Waals surface area contributed by atoms with E-state index in [1.165, 1.54) is 12.8 Å².